The van der Waals surface area contributed by atoms with Gasteiger partial charge in [0.15, 0.2) is 0 Å². The highest BCUT2D eigenvalue weighted by Gasteiger charge is 1.97. The molecular formula is C10H22O. The lowest BCUT2D eigenvalue weighted by molar-refractivity contribution is 0.281. The molecule has 0 aliphatic heterocycles. The average molecular weight is 158 g/mol. The first-order valence-corrected chi connectivity index (χ1v) is 4.92. The predicted octanol–water partition coefficient (Wildman–Crippen LogP) is 2.98. The van der Waals surface area contributed by atoms with Crippen molar-refractivity contribution in [3.63, 3.8) is 0 Å². The standard InChI is InChI=1S/C10H22O/c1-3-10(2)8-6-4-5-7-9-11/h10-11H,3-9H2,1-2H3/t10-/m0/s1. The summed E-state index contributed by atoms with van der Waals surface area (Å²) in [5.41, 5.74) is 0. The highest BCUT2D eigenvalue weighted by atomic mass is 16.2. The SMILES string of the molecule is CC[C@H](C)CCCCCCO. The fourth-order valence-corrected chi connectivity index (χ4v) is 1.16. The maximum atomic E-state index is 8.52. The van der Waals surface area contributed by atoms with Crippen LogP contribution in [0.25, 0.3) is 0 Å². The molecule has 0 amide bonds. The van der Waals surface area contributed by atoms with Crippen LogP contribution in [0.2, 0.25) is 0 Å². The fraction of sp³-hybridized carbons (Fsp3) is 1.00. The molecule has 0 spiro atoms. The molecule has 1 heteroatoms. The van der Waals surface area contributed by atoms with Gasteiger partial charge in [-0.3, -0.25) is 0 Å². The Labute approximate surface area is 70.8 Å². The molecule has 0 unspecified atom stereocenters. The molecule has 0 saturated carbocycles. The molecule has 0 rings (SSSR count). The van der Waals surface area contributed by atoms with Crippen molar-refractivity contribution in [3.05, 3.63) is 0 Å². The molecule has 0 fully saturated rings. The molecule has 1 nitrogen and oxygen atoms in total. The smallest absolute Gasteiger partial charge is 0.0431 e. The fourth-order valence-electron chi connectivity index (χ4n) is 1.16. The summed E-state index contributed by atoms with van der Waals surface area (Å²) in [6, 6.07) is 0. The van der Waals surface area contributed by atoms with Crippen LogP contribution < -0.4 is 0 Å². The number of hydrogen-bond acceptors (Lipinski definition) is 1. The molecule has 0 bridgehead atoms. The van der Waals surface area contributed by atoms with Gasteiger partial charge in [-0.2, -0.15) is 0 Å². The minimum absolute atomic E-state index is 0.364. The molecule has 0 radical (unpaired) electrons. The average Bonchev–Trinajstić information content (AvgIpc) is 2.04. The van der Waals surface area contributed by atoms with E-state index >= 15 is 0 Å². The van der Waals surface area contributed by atoms with Crippen molar-refractivity contribution in [1.29, 1.82) is 0 Å². The van der Waals surface area contributed by atoms with Crippen LogP contribution in [0.5, 0.6) is 0 Å². The zero-order chi connectivity index (χ0) is 8.53. The zero-order valence-electron chi connectivity index (χ0n) is 7.97. The van der Waals surface area contributed by atoms with Gasteiger partial charge in [-0.15, -0.1) is 0 Å². The first-order chi connectivity index (χ1) is 5.31. The molecule has 11 heavy (non-hydrogen) atoms. The molecule has 0 aromatic rings. The van der Waals surface area contributed by atoms with E-state index in [0.29, 0.717) is 6.61 Å². The van der Waals surface area contributed by atoms with Gasteiger partial charge in [0, 0.05) is 6.61 Å². The summed E-state index contributed by atoms with van der Waals surface area (Å²) in [5.74, 6) is 0.893. The first-order valence-electron chi connectivity index (χ1n) is 4.92. The summed E-state index contributed by atoms with van der Waals surface area (Å²) < 4.78 is 0. The van der Waals surface area contributed by atoms with Gasteiger partial charge in [0.1, 0.15) is 0 Å². The van der Waals surface area contributed by atoms with Crippen LogP contribution in [0, 0.1) is 5.92 Å². The maximum absolute atomic E-state index is 8.52. The molecule has 0 aliphatic carbocycles. The highest BCUT2D eigenvalue weighted by molar-refractivity contribution is 4.50. The Bertz CT molecular complexity index is 71.3. The van der Waals surface area contributed by atoms with E-state index in [9.17, 15) is 0 Å². The van der Waals surface area contributed by atoms with E-state index in [2.05, 4.69) is 13.8 Å². The van der Waals surface area contributed by atoms with Crippen LogP contribution in [0.15, 0.2) is 0 Å². The van der Waals surface area contributed by atoms with Gasteiger partial charge in [0.25, 0.3) is 0 Å². The van der Waals surface area contributed by atoms with Crippen molar-refractivity contribution < 1.29 is 5.11 Å². The van der Waals surface area contributed by atoms with Crippen molar-refractivity contribution in [2.75, 3.05) is 6.61 Å². The van der Waals surface area contributed by atoms with E-state index < -0.39 is 0 Å². The minimum Gasteiger partial charge on any atom is -0.396 e. The van der Waals surface area contributed by atoms with E-state index in [1.54, 1.807) is 0 Å². The Morgan fingerprint density at radius 1 is 1.09 bits per heavy atom. The third kappa shape index (κ3) is 7.86. The maximum Gasteiger partial charge on any atom is 0.0431 e. The molecule has 0 heterocycles. The quantitative estimate of drug-likeness (QED) is 0.565. The van der Waals surface area contributed by atoms with Crippen molar-refractivity contribution in [1.82, 2.24) is 0 Å². The molecule has 0 aliphatic rings. The van der Waals surface area contributed by atoms with Gasteiger partial charge in [0.2, 0.25) is 0 Å². The number of unbranched alkanes of at least 4 members (excludes halogenated alkanes) is 3. The van der Waals surface area contributed by atoms with Crippen LogP contribution in [0.4, 0.5) is 0 Å². The van der Waals surface area contributed by atoms with Crippen molar-refractivity contribution in [2.45, 2.75) is 52.4 Å². The predicted molar refractivity (Wildman–Crippen MR) is 49.6 cm³/mol. The molecule has 0 aromatic heterocycles. The lowest BCUT2D eigenvalue weighted by Crippen LogP contribution is -1.92. The molecular weight excluding hydrogens is 136 g/mol. The van der Waals surface area contributed by atoms with Gasteiger partial charge >= 0.3 is 0 Å². The summed E-state index contributed by atoms with van der Waals surface area (Å²) in [6.07, 6.45) is 7.50. The van der Waals surface area contributed by atoms with Crippen LogP contribution in [0.3, 0.4) is 0 Å². The molecule has 1 atom stereocenters. The molecule has 68 valence electrons. The Morgan fingerprint density at radius 2 is 1.73 bits per heavy atom. The Balaban J connectivity index is 2.89. The van der Waals surface area contributed by atoms with E-state index in [4.69, 9.17) is 5.11 Å². The Morgan fingerprint density at radius 3 is 2.27 bits per heavy atom. The van der Waals surface area contributed by atoms with Gasteiger partial charge < -0.3 is 5.11 Å². The summed E-state index contributed by atoms with van der Waals surface area (Å²) >= 11 is 0. The Hall–Kier alpha value is -0.0400. The number of rotatable bonds is 7. The second-order valence-electron chi connectivity index (χ2n) is 3.44. The van der Waals surface area contributed by atoms with Crippen LogP contribution in [-0.4, -0.2) is 11.7 Å². The third-order valence-corrected chi connectivity index (χ3v) is 2.30. The second-order valence-corrected chi connectivity index (χ2v) is 3.44. The van der Waals surface area contributed by atoms with E-state index in [1.807, 2.05) is 0 Å². The topological polar surface area (TPSA) is 20.2 Å². The van der Waals surface area contributed by atoms with E-state index in [1.165, 1.54) is 32.1 Å². The number of hydrogen-bond donors (Lipinski definition) is 1. The minimum atomic E-state index is 0.364. The first kappa shape index (κ1) is 11.0. The van der Waals surface area contributed by atoms with Crippen molar-refractivity contribution in [2.24, 2.45) is 5.92 Å². The lowest BCUT2D eigenvalue weighted by Gasteiger charge is -2.06. The Kier molecular flexibility index (Phi) is 8.03. The summed E-state index contributed by atoms with van der Waals surface area (Å²) in [7, 11) is 0. The van der Waals surface area contributed by atoms with Gasteiger partial charge in [-0.1, -0.05) is 46.0 Å². The molecule has 0 aromatic carbocycles. The zero-order valence-corrected chi connectivity index (χ0v) is 7.97. The van der Waals surface area contributed by atoms with Crippen LogP contribution >= 0.6 is 0 Å². The summed E-state index contributed by atoms with van der Waals surface area (Å²) in [6.45, 7) is 4.92. The van der Waals surface area contributed by atoms with Crippen molar-refractivity contribution >= 4 is 0 Å². The van der Waals surface area contributed by atoms with Crippen LogP contribution in [0.1, 0.15) is 52.4 Å². The van der Waals surface area contributed by atoms with E-state index in [0.717, 1.165) is 12.3 Å². The van der Waals surface area contributed by atoms with Crippen LogP contribution in [-0.2, 0) is 0 Å². The van der Waals surface area contributed by atoms with Gasteiger partial charge in [-0.05, 0) is 12.3 Å². The summed E-state index contributed by atoms with van der Waals surface area (Å²) in [5, 5.41) is 8.52. The largest absolute Gasteiger partial charge is 0.396 e. The lowest BCUT2D eigenvalue weighted by atomic mass is 10.0. The highest BCUT2D eigenvalue weighted by Crippen LogP contribution is 2.12. The van der Waals surface area contributed by atoms with Crippen molar-refractivity contribution in [3.8, 4) is 0 Å². The monoisotopic (exact) mass is 158 g/mol. The second kappa shape index (κ2) is 8.06. The number of aliphatic hydroxyl groups excluding tert-OH is 1. The van der Waals surface area contributed by atoms with E-state index in [-0.39, 0.29) is 0 Å². The number of aliphatic hydroxyl groups is 1. The third-order valence-electron chi connectivity index (χ3n) is 2.30. The molecule has 0 saturated heterocycles. The van der Waals surface area contributed by atoms with Gasteiger partial charge in [-0.25, -0.2) is 0 Å². The molecule has 1 N–H and O–H groups in total. The van der Waals surface area contributed by atoms with Gasteiger partial charge in [0.05, 0.1) is 0 Å². The normalized spacial score (nSPS) is 13.4. The summed E-state index contributed by atoms with van der Waals surface area (Å²) in [4.78, 5) is 0.